The molecule has 1 fully saturated rings. The van der Waals surface area contributed by atoms with Crippen molar-refractivity contribution >= 4 is 0 Å². The summed E-state index contributed by atoms with van der Waals surface area (Å²) in [5.74, 6) is 0. The van der Waals surface area contributed by atoms with E-state index in [1.807, 2.05) is 51.2 Å². The van der Waals surface area contributed by atoms with Gasteiger partial charge in [-0.1, -0.05) is 151 Å². The molecule has 0 aromatic rings. The van der Waals surface area contributed by atoms with E-state index in [2.05, 4.69) is 121 Å². The van der Waals surface area contributed by atoms with E-state index in [4.69, 9.17) is 9.47 Å². The summed E-state index contributed by atoms with van der Waals surface area (Å²) in [6.07, 6.45) is 31.8. The van der Waals surface area contributed by atoms with Crippen LogP contribution in [0, 0.1) is 5.41 Å². The van der Waals surface area contributed by atoms with E-state index in [9.17, 15) is 20.4 Å². The van der Waals surface area contributed by atoms with Gasteiger partial charge in [-0.05, 0) is 92.6 Å². The fourth-order valence-corrected chi connectivity index (χ4v) is 6.14. The second kappa shape index (κ2) is 21.4. The molecule has 4 N–H and O–H groups in total. The Morgan fingerprint density at radius 2 is 1.17 bits per heavy atom. The van der Waals surface area contributed by atoms with Gasteiger partial charge in [0.2, 0.25) is 0 Å². The van der Waals surface area contributed by atoms with Crippen LogP contribution < -0.4 is 0 Å². The van der Waals surface area contributed by atoms with Crippen LogP contribution >= 0.6 is 0 Å². The average Bonchev–Trinajstić information content (AvgIpc) is 3.03. The second-order valence-electron chi connectivity index (χ2n) is 15.7. The van der Waals surface area contributed by atoms with Gasteiger partial charge in [0, 0.05) is 0 Å². The fourth-order valence-electron chi connectivity index (χ4n) is 6.14. The highest BCUT2D eigenvalue weighted by atomic mass is 16.7. The van der Waals surface area contributed by atoms with Crippen molar-refractivity contribution in [3.63, 3.8) is 0 Å². The summed E-state index contributed by atoms with van der Waals surface area (Å²) < 4.78 is 11.5. The smallest absolute Gasteiger partial charge is 0.187 e. The van der Waals surface area contributed by atoms with E-state index in [0.717, 1.165) is 29.6 Å². The van der Waals surface area contributed by atoms with E-state index in [1.165, 1.54) is 22.3 Å². The van der Waals surface area contributed by atoms with Gasteiger partial charge in [-0.25, -0.2) is 0 Å². The first-order chi connectivity index (χ1) is 24.3. The number of aliphatic hydroxyl groups excluding tert-OH is 4. The SMILES string of the molecule is CC1=C(/C=C/C(C)=C/C=C/C(C)=C/C=C/C=C(C)/C=C/C=C(C)/C=C/C=C(C)/C=C/CC(C)(C)O[C@H]2O[C@@H](C)[C@H](O)[C@@H](O)[C@H]2O)C(C)(C)CC(O)C1. The molecule has 0 amide bonds. The van der Waals surface area contributed by atoms with Gasteiger partial charge >= 0.3 is 0 Å². The number of aliphatic hydroxyl groups is 4. The second-order valence-corrected chi connectivity index (χ2v) is 15.7. The van der Waals surface area contributed by atoms with Gasteiger partial charge in [0.05, 0.1) is 17.8 Å². The molecule has 6 nitrogen and oxygen atoms in total. The fraction of sp³-hybridized carbons (Fsp3) is 0.478. The molecule has 0 radical (unpaired) electrons. The van der Waals surface area contributed by atoms with E-state index < -0.39 is 36.3 Å². The van der Waals surface area contributed by atoms with Crippen molar-refractivity contribution in [1.82, 2.24) is 0 Å². The highest BCUT2D eigenvalue weighted by Gasteiger charge is 2.44. The van der Waals surface area contributed by atoms with E-state index in [-0.39, 0.29) is 11.5 Å². The van der Waals surface area contributed by atoms with Crippen molar-refractivity contribution in [3.05, 3.63) is 142 Å². The Labute approximate surface area is 314 Å². The molecule has 0 aromatic heterocycles. The van der Waals surface area contributed by atoms with Crippen molar-refractivity contribution in [2.75, 3.05) is 0 Å². The summed E-state index contributed by atoms with van der Waals surface area (Å²) >= 11 is 0. The van der Waals surface area contributed by atoms with Gasteiger partial charge < -0.3 is 29.9 Å². The van der Waals surface area contributed by atoms with Crippen molar-refractivity contribution < 1.29 is 29.9 Å². The molecule has 0 spiro atoms. The molecule has 0 bridgehead atoms. The number of hydrogen-bond donors (Lipinski definition) is 4. The average molecular weight is 715 g/mol. The summed E-state index contributed by atoms with van der Waals surface area (Å²) in [6, 6.07) is 0. The molecule has 2 rings (SSSR count). The van der Waals surface area contributed by atoms with Crippen LogP contribution in [0.1, 0.15) is 95.4 Å². The van der Waals surface area contributed by atoms with Crippen LogP contribution in [0.15, 0.2) is 142 Å². The first kappa shape index (κ1) is 44.8. The highest BCUT2D eigenvalue weighted by molar-refractivity contribution is 5.38. The minimum atomic E-state index is -1.32. The highest BCUT2D eigenvalue weighted by Crippen LogP contribution is 2.41. The zero-order valence-corrected chi connectivity index (χ0v) is 33.5. The lowest BCUT2D eigenvalue weighted by molar-refractivity contribution is -0.316. The third kappa shape index (κ3) is 16.1. The number of hydrogen-bond acceptors (Lipinski definition) is 6. The quantitative estimate of drug-likeness (QED) is 0.126. The molecule has 286 valence electrons. The minimum absolute atomic E-state index is 0.0108. The molecule has 1 unspecified atom stereocenters. The van der Waals surface area contributed by atoms with Gasteiger partial charge in [-0.3, -0.25) is 0 Å². The Bertz CT molecular complexity index is 1550. The molecule has 6 heteroatoms. The molecule has 1 saturated heterocycles. The summed E-state index contributed by atoms with van der Waals surface area (Å²) in [6.45, 7) is 22.3. The van der Waals surface area contributed by atoms with Crippen LogP contribution in [0.5, 0.6) is 0 Å². The Morgan fingerprint density at radius 3 is 1.67 bits per heavy atom. The summed E-state index contributed by atoms with van der Waals surface area (Å²) in [5, 5.41) is 40.3. The molecule has 0 saturated carbocycles. The number of allylic oxidation sites excluding steroid dienone is 22. The van der Waals surface area contributed by atoms with Crippen molar-refractivity contribution in [2.45, 2.75) is 138 Å². The maximum Gasteiger partial charge on any atom is 0.187 e. The van der Waals surface area contributed by atoms with Crippen LogP contribution in [0.3, 0.4) is 0 Å². The largest absolute Gasteiger partial charge is 0.393 e. The van der Waals surface area contributed by atoms with Gasteiger partial charge in [0.1, 0.15) is 18.3 Å². The Balaban J connectivity index is 1.82. The predicted molar refractivity (Wildman–Crippen MR) is 217 cm³/mol. The number of ether oxygens (including phenoxy) is 2. The van der Waals surface area contributed by atoms with Crippen LogP contribution in [-0.2, 0) is 9.47 Å². The van der Waals surface area contributed by atoms with E-state index >= 15 is 0 Å². The van der Waals surface area contributed by atoms with Crippen LogP contribution in [0.25, 0.3) is 0 Å². The van der Waals surface area contributed by atoms with E-state index in [1.54, 1.807) is 6.92 Å². The molecule has 2 aliphatic rings. The lowest BCUT2D eigenvalue weighted by atomic mass is 9.71. The summed E-state index contributed by atoms with van der Waals surface area (Å²) in [5.41, 5.74) is 7.67. The maximum atomic E-state index is 10.3. The third-order valence-corrected chi connectivity index (χ3v) is 9.21. The molecule has 1 heterocycles. The van der Waals surface area contributed by atoms with Gasteiger partial charge in [0.25, 0.3) is 0 Å². The van der Waals surface area contributed by atoms with Gasteiger partial charge in [-0.15, -0.1) is 0 Å². The molecule has 52 heavy (non-hydrogen) atoms. The first-order valence-electron chi connectivity index (χ1n) is 18.5. The van der Waals surface area contributed by atoms with Crippen LogP contribution in [0.4, 0.5) is 0 Å². The standard InChI is InChI=1S/C46H66O6/c1-32(18-12-13-19-33(2)21-16-25-36(5)27-28-40-37(6)30-39(47)31-45(40,8)9)20-14-22-34(3)23-15-24-35(4)26-17-29-46(10,11)52-44-43(50)42(49)41(48)38(7)51-44/h12-28,38-39,41-44,47-50H,29-31H2,1-11H3/b13-12+,20-14+,21-16+,23-15+,26-17+,28-27+,32-18+,33-19+,34-22+,35-24+,36-25+/t38-,39?,41-,42+,43+,44+/m0/s1. The Hall–Kier alpha value is -3.36. The molecule has 0 aromatic carbocycles. The lowest BCUT2D eigenvalue weighted by Gasteiger charge is -2.42. The zero-order chi connectivity index (χ0) is 39.1. The normalized spacial score (nSPS) is 28.0. The topological polar surface area (TPSA) is 99.4 Å². The maximum absolute atomic E-state index is 10.3. The third-order valence-electron chi connectivity index (χ3n) is 9.21. The number of rotatable bonds is 15. The van der Waals surface area contributed by atoms with Crippen molar-refractivity contribution in [2.24, 2.45) is 5.41 Å². The van der Waals surface area contributed by atoms with Crippen molar-refractivity contribution in [3.8, 4) is 0 Å². The van der Waals surface area contributed by atoms with Gasteiger partial charge in [-0.2, -0.15) is 0 Å². The molecule has 1 aliphatic carbocycles. The molecule has 1 aliphatic heterocycles. The monoisotopic (exact) mass is 714 g/mol. The van der Waals surface area contributed by atoms with E-state index in [0.29, 0.717) is 6.42 Å². The molecular formula is C46H66O6. The van der Waals surface area contributed by atoms with Gasteiger partial charge in [0.15, 0.2) is 6.29 Å². The van der Waals surface area contributed by atoms with Crippen molar-refractivity contribution in [1.29, 1.82) is 0 Å². The minimum Gasteiger partial charge on any atom is -0.393 e. The van der Waals surface area contributed by atoms with Crippen LogP contribution in [-0.4, -0.2) is 62.8 Å². The first-order valence-corrected chi connectivity index (χ1v) is 18.5. The van der Waals surface area contributed by atoms with Crippen LogP contribution in [0.2, 0.25) is 0 Å². The Kier molecular flexibility index (Phi) is 18.4. The lowest BCUT2D eigenvalue weighted by Crippen LogP contribution is -2.58. The molecular weight excluding hydrogens is 649 g/mol. The summed E-state index contributed by atoms with van der Waals surface area (Å²) in [7, 11) is 0. The molecule has 6 atom stereocenters. The Morgan fingerprint density at radius 1 is 0.712 bits per heavy atom. The zero-order valence-electron chi connectivity index (χ0n) is 33.5. The summed E-state index contributed by atoms with van der Waals surface area (Å²) in [4.78, 5) is 0. The predicted octanol–water partition coefficient (Wildman–Crippen LogP) is 9.57.